The van der Waals surface area contributed by atoms with Crippen LogP contribution in [0.3, 0.4) is 0 Å². The Bertz CT molecular complexity index is 509. The number of hydrogen-bond donors (Lipinski definition) is 4. The molecule has 0 saturated carbocycles. The van der Waals surface area contributed by atoms with Crippen molar-refractivity contribution in [1.29, 1.82) is 0 Å². The van der Waals surface area contributed by atoms with Gasteiger partial charge in [-0.1, -0.05) is 28.1 Å². The first-order valence-corrected chi connectivity index (χ1v) is 8.58. The van der Waals surface area contributed by atoms with Crippen molar-refractivity contribution >= 4 is 21.9 Å². The monoisotopic (exact) mass is 366 g/mol. The normalized spacial score (nSPS) is 22.5. The van der Waals surface area contributed by atoms with Crippen LogP contribution in [0.25, 0.3) is 0 Å². The highest BCUT2D eigenvalue weighted by atomic mass is 79.9. The molecule has 1 saturated heterocycles. The summed E-state index contributed by atoms with van der Waals surface area (Å²) in [6.07, 6.45) is 3.02. The van der Waals surface area contributed by atoms with Gasteiger partial charge in [0.05, 0.1) is 0 Å². The number of hydrazine groups is 1. The van der Waals surface area contributed by atoms with Crippen molar-refractivity contribution in [2.75, 3.05) is 19.6 Å². The standard InChI is InChI=1S/C15H23BrN6/c16-12-3-1-11(2-4-12)5-8-18-13-6-9-22(10-7-13)15-19-14(17)20-21-15/h1-4,13-14,18,20H,5-10,17H2,(H,19,21). The summed E-state index contributed by atoms with van der Waals surface area (Å²) in [5.41, 5.74) is 13.0. The molecule has 1 aromatic rings. The molecule has 1 unspecified atom stereocenters. The lowest BCUT2D eigenvalue weighted by molar-refractivity contribution is 0.278. The highest BCUT2D eigenvalue weighted by Gasteiger charge is 2.24. The second-order valence-electron chi connectivity index (χ2n) is 5.76. The number of aliphatic imine (C=N–C) groups is 1. The molecule has 1 fully saturated rings. The molecular formula is C15H23BrN6. The first-order chi connectivity index (χ1) is 10.7. The number of halogens is 1. The molecule has 2 aliphatic heterocycles. The van der Waals surface area contributed by atoms with Crippen molar-refractivity contribution in [2.24, 2.45) is 10.7 Å². The molecule has 22 heavy (non-hydrogen) atoms. The van der Waals surface area contributed by atoms with Crippen molar-refractivity contribution < 1.29 is 0 Å². The largest absolute Gasteiger partial charge is 0.342 e. The van der Waals surface area contributed by atoms with E-state index in [0.717, 1.165) is 49.3 Å². The summed E-state index contributed by atoms with van der Waals surface area (Å²) < 4.78 is 1.13. The van der Waals surface area contributed by atoms with Crippen molar-refractivity contribution in [3.05, 3.63) is 34.3 Å². The van der Waals surface area contributed by atoms with Crippen LogP contribution in [0.1, 0.15) is 18.4 Å². The molecule has 0 radical (unpaired) electrons. The summed E-state index contributed by atoms with van der Waals surface area (Å²) in [4.78, 5) is 6.58. The summed E-state index contributed by atoms with van der Waals surface area (Å²) in [6.45, 7) is 3.05. The van der Waals surface area contributed by atoms with Crippen molar-refractivity contribution in [1.82, 2.24) is 21.1 Å². The molecule has 2 aliphatic rings. The third-order valence-electron chi connectivity index (χ3n) is 4.15. The number of benzene rings is 1. The highest BCUT2D eigenvalue weighted by Crippen LogP contribution is 2.13. The number of nitrogens with two attached hydrogens (primary N) is 1. The Hall–Kier alpha value is -1.15. The zero-order chi connectivity index (χ0) is 15.4. The summed E-state index contributed by atoms with van der Waals surface area (Å²) in [5.74, 6) is 0.876. The molecule has 0 spiro atoms. The van der Waals surface area contributed by atoms with Gasteiger partial charge in [-0.25, -0.2) is 4.99 Å². The van der Waals surface area contributed by atoms with Gasteiger partial charge in [-0.3, -0.25) is 11.2 Å². The quantitative estimate of drug-likeness (QED) is 0.632. The van der Waals surface area contributed by atoms with E-state index in [9.17, 15) is 0 Å². The SMILES string of the molecule is NC1N=C(N2CCC(NCCc3ccc(Br)cc3)CC2)NN1. The van der Waals surface area contributed by atoms with Gasteiger partial charge < -0.3 is 10.2 Å². The molecule has 0 amide bonds. The molecular weight excluding hydrogens is 344 g/mol. The maximum atomic E-state index is 5.69. The van der Waals surface area contributed by atoms with Gasteiger partial charge in [-0.05, 0) is 43.5 Å². The lowest BCUT2D eigenvalue weighted by atomic mass is 10.0. The Kier molecular flexibility index (Phi) is 5.30. The minimum absolute atomic E-state index is 0.322. The van der Waals surface area contributed by atoms with E-state index in [2.05, 4.69) is 66.3 Å². The van der Waals surface area contributed by atoms with Crippen molar-refractivity contribution in [3.63, 3.8) is 0 Å². The van der Waals surface area contributed by atoms with Crippen LogP contribution in [0.2, 0.25) is 0 Å². The van der Waals surface area contributed by atoms with E-state index < -0.39 is 0 Å². The Balaban J connectivity index is 1.37. The van der Waals surface area contributed by atoms with Gasteiger partial charge in [0.15, 0.2) is 6.29 Å². The zero-order valence-corrected chi connectivity index (χ0v) is 14.1. The van der Waals surface area contributed by atoms with Crippen molar-refractivity contribution in [3.8, 4) is 0 Å². The maximum absolute atomic E-state index is 5.69. The minimum atomic E-state index is -0.322. The van der Waals surface area contributed by atoms with E-state index in [1.54, 1.807) is 0 Å². The molecule has 7 heteroatoms. The average molecular weight is 367 g/mol. The van der Waals surface area contributed by atoms with E-state index >= 15 is 0 Å². The Morgan fingerprint density at radius 2 is 2.00 bits per heavy atom. The Morgan fingerprint density at radius 3 is 2.64 bits per heavy atom. The van der Waals surface area contributed by atoms with Crippen LogP contribution in [0.5, 0.6) is 0 Å². The van der Waals surface area contributed by atoms with Crippen molar-refractivity contribution in [2.45, 2.75) is 31.6 Å². The van der Waals surface area contributed by atoms with E-state index in [1.165, 1.54) is 5.56 Å². The molecule has 3 rings (SSSR count). The summed E-state index contributed by atoms with van der Waals surface area (Å²) in [7, 11) is 0. The third-order valence-corrected chi connectivity index (χ3v) is 4.68. The summed E-state index contributed by atoms with van der Waals surface area (Å²) in [5, 5.41) is 3.67. The second-order valence-corrected chi connectivity index (χ2v) is 6.67. The van der Waals surface area contributed by atoms with Crippen LogP contribution in [0.4, 0.5) is 0 Å². The van der Waals surface area contributed by atoms with E-state index in [1.807, 2.05) is 0 Å². The molecule has 0 aliphatic carbocycles. The molecule has 2 heterocycles. The van der Waals surface area contributed by atoms with Crippen LogP contribution in [-0.4, -0.2) is 42.8 Å². The molecule has 0 bridgehead atoms. The Labute approximate surface area is 139 Å². The predicted octanol–water partition coefficient (Wildman–Crippen LogP) is 0.752. The summed E-state index contributed by atoms with van der Waals surface area (Å²) in [6, 6.07) is 9.14. The van der Waals surface area contributed by atoms with Gasteiger partial charge in [0, 0.05) is 23.6 Å². The number of guanidine groups is 1. The van der Waals surface area contributed by atoms with Gasteiger partial charge in [0.1, 0.15) is 0 Å². The van der Waals surface area contributed by atoms with Gasteiger partial charge >= 0.3 is 0 Å². The molecule has 6 nitrogen and oxygen atoms in total. The summed E-state index contributed by atoms with van der Waals surface area (Å²) >= 11 is 3.47. The van der Waals surface area contributed by atoms with E-state index in [0.29, 0.717) is 6.04 Å². The van der Waals surface area contributed by atoms with Gasteiger partial charge in [-0.15, -0.1) is 0 Å². The van der Waals surface area contributed by atoms with Crippen LogP contribution < -0.4 is 21.9 Å². The molecule has 120 valence electrons. The van der Waals surface area contributed by atoms with Crippen LogP contribution in [0.15, 0.2) is 33.7 Å². The number of rotatable bonds is 4. The number of nitrogens with one attached hydrogen (secondary N) is 3. The highest BCUT2D eigenvalue weighted by molar-refractivity contribution is 9.10. The fraction of sp³-hybridized carbons (Fsp3) is 0.533. The fourth-order valence-corrected chi connectivity index (χ4v) is 3.13. The number of piperidine rings is 1. The third kappa shape index (κ3) is 4.19. The number of hydrogen-bond acceptors (Lipinski definition) is 6. The van der Waals surface area contributed by atoms with Gasteiger partial charge in [0.25, 0.3) is 0 Å². The number of nitrogens with zero attached hydrogens (tertiary/aromatic N) is 2. The molecule has 1 aromatic carbocycles. The fourth-order valence-electron chi connectivity index (χ4n) is 2.86. The average Bonchev–Trinajstić information content (AvgIpc) is 2.97. The van der Waals surface area contributed by atoms with Gasteiger partial charge in [-0.2, -0.15) is 5.43 Å². The van der Waals surface area contributed by atoms with Gasteiger partial charge in [0.2, 0.25) is 5.96 Å². The lowest BCUT2D eigenvalue weighted by Crippen LogP contribution is -2.50. The lowest BCUT2D eigenvalue weighted by Gasteiger charge is -2.33. The van der Waals surface area contributed by atoms with E-state index in [-0.39, 0.29) is 6.29 Å². The smallest absolute Gasteiger partial charge is 0.211 e. The zero-order valence-electron chi connectivity index (χ0n) is 12.6. The number of likely N-dealkylation sites (tertiary alicyclic amines) is 1. The molecule has 5 N–H and O–H groups in total. The predicted molar refractivity (Wildman–Crippen MR) is 92.1 cm³/mol. The van der Waals surface area contributed by atoms with Crippen LogP contribution in [0, 0.1) is 0 Å². The first-order valence-electron chi connectivity index (χ1n) is 7.78. The molecule has 0 aromatic heterocycles. The Morgan fingerprint density at radius 1 is 1.27 bits per heavy atom. The minimum Gasteiger partial charge on any atom is -0.342 e. The van der Waals surface area contributed by atoms with Crippen LogP contribution >= 0.6 is 15.9 Å². The van der Waals surface area contributed by atoms with E-state index in [4.69, 9.17) is 5.73 Å². The molecule has 1 atom stereocenters. The van der Waals surface area contributed by atoms with Crippen LogP contribution in [-0.2, 0) is 6.42 Å². The first kappa shape index (κ1) is 15.7. The second kappa shape index (κ2) is 7.41. The maximum Gasteiger partial charge on any atom is 0.211 e. The topological polar surface area (TPSA) is 77.7 Å².